The topological polar surface area (TPSA) is 105 Å². The molecule has 39 heavy (non-hydrogen) atoms. The lowest BCUT2D eigenvalue weighted by Crippen LogP contribution is -2.48. The van der Waals surface area contributed by atoms with E-state index in [1.165, 1.54) is 42.1 Å². The molecule has 0 bridgehead atoms. The van der Waals surface area contributed by atoms with E-state index in [-0.39, 0.29) is 10.7 Å². The first-order valence-electron chi connectivity index (χ1n) is 12.4. The fourth-order valence-corrected chi connectivity index (χ4v) is 5.28. The van der Waals surface area contributed by atoms with Crippen molar-refractivity contribution in [2.75, 3.05) is 39.1 Å². The number of rotatable bonds is 5. The number of piperidine rings is 1. The molecule has 0 spiro atoms. The molecule has 2 aromatic heterocycles. The molecule has 0 radical (unpaired) electrons. The van der Waals surface area contributed by atoms with Crippen LogP contribution in [0, 0.1) is 17.7 Å². The second kappa shape index (κ2) is 11.4. The van der Waals surface area contributed by atoms with Crippen molar-refractivity contribution in [1.29, 1.82) is 0 Å². The number of methoxy groups -OCH3 is 1. The average Bonchev–Trinajstić information content (AvgIpc) is 3.54. The lowest BCUT2D eigenvalue weighted by molar-refractivity contribution is 0.0269. The number of amides is 1. The van der Waals surface area contributed by atoms with Crippen LogP contribution >= 0.6 is 11.3 Å². The molecule has 1 aromatic carbocycles. The van der Waals surface area contributed by atoms with E-state index < -0.39 is 17.3 Å². The van der Waals surface area contributed by atoms with Gasteiger partial charge >= 0.3 is 0 Å². The molecule has 5 rings (SSSR count). The molecule has 10 nitrogen and oxygen atoms in total. The quantitative estimate of drug-likeness (QED) is 0.468. The number of halogens is 1. The number of aromatic nitrogens is 3. The maximum atomic E-state index is 14.1. The number of pyridine rings is 1. The lowest BCUT2D eigenvalue weighted by atomic mass is 10.00. The minimum absolute atomic E-state index is 0.0567. The van der Waals surface area contributed by atoms with Crippen molar-refractivity contribution in [3.8, 4) is 28.7 Å². The molecule has 0 aliphatic carbocycles. The van der Waals surface area contributed by atoms with Crippen LogP contribution in [0.5, 0.6) is 5.75 Å². The summed E-state index contributed by atoms with van der Waals surface area (Å²) in [5.41, 5.74) is 1.32. The van der Waals surface area contributed by atoms with Crippen LogP contribution in [0.25, 0.3) is 11.1 Å². The molecule has 12 heteroatoms. The summed E-state index contributed by atoms with van der Waals surface area (Å²) in [6, 6.07) is 5.61. The van der Waals surface area contributed by atoms with Gasteiger partial charge in [-0.2, -0.15) is 0 Å². The van der Waals surface area contributed by atoms with Crippen LogP contribution in [-0.4, -0.2) is 70.5 Å². The van der Waals surface area contributed by atoms with Gasteiger partial charge in [-0.05, 0) is 43.5 Å². The summed E-state index contributed by atoms with van der Waals surface area (Å²) in [6.07, 6.45) is 5.84. The Hall–Kier alpha value is -4.05. The largest absolute Gasteiger partial charge is 0.496 e. The van der Waals surface area contributed by atoms with Crippen LogP contribution < -0.4 is 20.9 Å². The van der Waals surface area contributed by atoms with E-state index >= 15 is 0 Å². The molecular formula is C27H28FN7O3S. The first-order valence-corrected chi connectivity index (χ1v) is 13.3. The maximum absolute atomic E-state index is 14.1. The Kier molecular flexibility index (Phi) is 7.74. The van der Waals surface area contributed by atoms with E-state index in [1.807, 2.05) is 7.05 Å². The van der Waals surface area contributed by atoms with Gasteiger partial charge in [-0.15, -0.1) is 10.2 Å². The smallest absolute Gasteiger partial charge is 0.258 e. The molecule has 2 N–H and O–H groups in total. The second-order valence-electron chi connectivity index (χ2n) is 9.36. The number of carbonyl (C=O) groups is 1. The number of benzene rings is 1. The zero-order valence-corrected chi connectivity index (χ0v) is 22.6. The summed E-state index contributed by atoms with van der Waals surface area (Å²) in [4.78, 5) is 25.6. The van der Waals surface area contributed by atoms with Gasteiger partial charge in [0.05, 0.1) is 25.3 Å². The van der Waals surface area contributed by atoms with E-state index in [1.54, 1.807) is 7.05 Å². The third-order valence-electron chi connectivity index (χ3n) is 6.63. The van der Waals surface area contributed by atoms with E-state index in [9.17, 15) is 14.0 Å². The fourth-order valence-electron chi connectivity index (χ4n) is 4.69. The minimum atomic E-state index is -0.582. The molecule has 1 saturated heterocycles. The predicted octanol–water partition coefficient (Wildman–Crippen LogP) is 2.45. The lowest BCUT2D eigenvalue weighted by Gasteiger charge is -2.36. The molecule has 3 aromatic rings. The Morgan fingerprint density at radius 2 is 2.08 bits per heavy atom. The van der Waals surface area contributed by atoms with Gasteiger partial charge in [-0.1, -0.05) is 17.3 Å². The highest BCUT2D eigenvalue weighted by atomic mass is 32.1. The normalized spacial score (nSPS) is 17.4. The number of aryl methyl sites for hydroxylation is 1. The van der Waals surface area contributed by atoms with E-state index in [0.717, 1.165) is 42.8 Å². The number of hydrazine groups is 1. The summed E-state index contributed by atoms with van der Waals surface area (Å²) in [7, 11) is 5.05. The maximum Gasteiger partial charge on any atom is 0.258 e. The molecule has 4 heterocycles. The minimum Gasteiger partial charge on any atom is -0.496 e. The third kappa shape index (κ3) is 5.85. The summed E-state index contributed by atoms with van der Waals surface area (Å²) in [5.74, 6) is 5.48. The summed E-state index contributed by atoms with van der Waals surface area (Å²) in [6.45, 7) is 2.71. The Bertz CT molecular complexity index is 1550. The van der Waals surface area contributed by atoms with Crippen molar-refractivity contribution in [2.24, 2.45) is 7.05 Å². The van der Waals surface area contributed by atoms with Gasteiger partial charge in [0.15, 0.2) is 5.01 Å². The number of carbonyl (C=O) groups excluding carboxylic acids is 1. The molecule has 1 unspecified atom stereocenters. The van der Waals surface area contributed by atoms with E-state index in [0.29, 0.717) is 34.5 Å². The third-order valence-corrected chi connectivity index (χ3v) is 7.38. The first kappa shape index (κ1) is 26.6. The standard InChI is InChI=1S/C27H28FN7O3S/c1-33-16-22(20-11-18(28)7-8-23(20)38-3)21(12-25(33)36)26(37)30-27-32-31-24(39-27)9-6-17-14-34(2)35(15-17)19-5-4-10-29-13-19/h7-8,11-12,15-16,19,29H,4-5,10,13-14H2,1-3H3,(H,30,32,37). The van der Waals surface area contributed by atoms with Crippen LogP contribution in [0.4, 0.5) is 9.52 Å². The van der Waals surface area contributed by atoms with Gasteiger partial charge in [0.1, 0.15) is 11.6 Å². The highest BCUT2D eigenvalue weighted by Gasteiger charge is 2.26. The molecule has 1 atom stereocenters. The van der Waals surface area contributed by atoms with Crippen molar-refractivity contribution in [3.05, 3.63) is 69.0 Å². The summed E-state index contributed by atoms with van der Waals surface area (Å²) >= 11 is 1.13. The van der Waals surface area contributed by atoms with E-state index in [4.69, 9.17) is 4.74 Å². The number of anilines is 1. The van der Waals surface area contributed by atoms with Crippen LogP contribution in [0.3, 0.4) is 0 Å². The Morgan fingerprint density at radius 3 is 2.85 bits per heavy atom. The van der Waals surface area contributed by atoms with Crippen LogP contribution in [0.15, 0.2) is 47.0 Å². The SMILES string of the molecule is COc1ccc(F)cc1-c1cn(C)c(=O)cc1C(=O)Nc1nnc(C#CC2=CN(C3CCCNC3)N(C)C2)s1. The zero-order chi connectivity index (χ0) is 27.5. The van der Waals surface area contributed by atoms with Crippen LogP contribution in [-0.2, 0) is 7.05 Å². The monoisotopic (exact) mass is 549 g/mol. The number of ether oxygens (including phenoxy) is 1. The molecule has 0 saturated carbocycles. The summed E-state index contributed by atoms with van der Waals surface area (Å²) in [5, 5.41) is 19.3. The van der Waals surface area contributed by atoms with Gasteiger partial charge in [0.2, 0.25) is 5.13 Å². The van der Waals surface area contributed by atoms with Crippen molar-refractivity contribution < 1.29 is 13.9 Å². The van der Waals surface area contributed by atoms with Gasteiger partial charge in [0.25, 0.3) is 11.5 Å². The Labute approximate surface area is 229 Å². The molecule has 2 aliphatic rings. The number of likely N-dealkylation sites (N-methyl/N-ethyl adjacent to an activating group) is 1. The zero-order valence-electron chi connectivity index (χ0n) is 21.8. The molecular weight excluding hydrogens is 521 g/mol. The number of hydrogen-bond donors (Lipinski definition) is 2. The molecule has 1 fully saturated rings. The van der Waals surface area contributed by atoms with Crippen LogP contribution in [0.2, 0.25) is 0 Å². The van der Waals surface area contributed by atoms with Gasteiger partial charge in [0, 0.05) is 55.8 Å². The molecule has 2 aliphatic heterocycles. The fraction of sp³-hybridized carbons (Fsp3) is 0.333. The number of hydrogen-bond acceptors (Lipinski definition) is 9. The van der Waals surface area contributed by atoms with E-state index in [2.05, 4.69) is 48.9 Å². The van der Waals surface area contributed by atoms with Crippen molar-refractivity contribution in [2.45, 2.75) is 18.9 Å². The van der Waals surface area contributed by atoms with Crippen molar-refractivity contribution >= 4 is 22.4 Å². The average molecular weight is 550 g/mol. The molecule has 202 valence electrons. The molecule has 1 amide bonds. The Balaban J connectivity index is 1.35. The number of nitrogens with one attached hydrogen (secondary N) is 2. The summed E-state index contributed by atoms with van der Waals surface area (Å²) < 4.78 is 20.8. The Morgan fingerprint density at radius 1 is 1.23 bits per heavy atom. The first-order chi connectivity index (χ1) is 18.8. The highest BCUT2D eigenvalue weighted by molar-refractivity contribution is 7.15. The van der Waals surface area contributed by atoms with Crippen LogP contribution in [0.1, 0.15) is 28.2 Å². The van der Waals surface area contributed by atoms with Gasteiger partial charge in [-0.25, -0.2) is 9.40 Å². The number of nitrogens with zero attached hydrogens (tertiary/aromatic N) is 5. The van der Waals surface area contributed by atoms with Gasteiger partial charge < -0.3 is 19.6 Å². The second-order valence-corrected chi connectivity index (χ2v) is 10.3. The highest BCUT2D eigenvalue weighted by Crippen LogP contribution is 2.33. The predicted molar refractivity (Wildman–Crippen MR) is 147 cm³/mol. The van der Waals surface area contributed by atoms with Crippen molar-refractivity contribution in [1.82, 2.24) is 30.1 Å². The van der Waals surface area contributed by atoms with Gasteiger partial charge in [-0.3, -0.25) is 14.9 Å². The van der Waals surface area contributed by atoms with Crippen molar-refractivity contribution in [3.63, 3.8) is 0 Å².